The Hall–Kier alpha value is -1.72. The molecule has 1 aromatic heterocycles. The van der Waals surface area contributed by atoms with Gasteiger partial charge in [-0.2, -0.15) is 5.26 Å². The Bertz CT molecular complexity index is 476. The molecule has 0 aromatic carbocycles. The van der Waals surface area contributed by atoms with Gasteiger partial charge in [0.15, 0.2) is 5.69 Å². The molecule has 0 unspecified atom stereocenters. The number of nitriles is 1. The Morgan fingerprint density at radius 1 is 1.38 bits per heavy atom. The van der Waals surface area contributed by atoms with E-state index in [1.807, 2.05) is 6.07 Å². The van der Waals surface area contributed by atoms with Crippen molar-refractivity contribution < 1.29 is 8.42 Å². The first-order valence-corrected chi connectivity index (χ1v) is 6.31. The molecule has 86 valence electrons. The average molecular weight is 241 g/mol. The van der Waals surface area contributed by atoms with Crippen molar-refractivity contribution in [3.63, 3.8) is 0 Å². The van der Waals surface area contributed by atoms with Crippen LogP contribution in [0.4, 0.5) is 5.82 Å². The minimum absolute atomic E-state index is 0.236. The number of nitrogens with one attached hydrogen (secondary N) is 2. The fraction of sp³-hybridized carbons (Fsp3) is 0.375. The molecule has 1 aromatic rings. The second kappa shape index (κ2) is 5.39. The Labute approximate surface area is 93.6 Å². The first-order valence-electron chi connectivity index (χ1n) is 4.42. The minimum Gasteiger partial charge on any atom is -0.367 e. The summed E-state index contributed by atoms with van der Waals surface area (Å²) in [6, 6.07) is 1.85. The molecular formula is C8H11N5O2S. The van der Waals surface area contributed by atoms with E-state index >= 15 is 0 Å². The number of anilines is 1. The summed E-state index contributed by atoms with van der Waals surface area (Å²) in [6.45, 7) is 0.661. The zero-order valence-electron chi connectivity index (χ0n) is 8.64. The Morgan fingerprint density at radius 2 is 2.12 bits per heavy atom. The third kappa shape index (κ3) is 4.68. The van der Waals surface area contributed by atoms with Crippen LogP contribution in [-0.2, 0) is 10.0 Å². The van der Waals surface area contributed by atoms with Gasteiger partial charge >= 0.3 is 0 Å². The van der Waals surface area contributed by atoms with Crippen molar-refractivity contribution in [1.29, 1.82) is 5.26 Å². The van der Waals surface area contributed by atoms with Crippen LogP contribution in [0, 0.1) is 11.3 Å². The molecule has 0 radical (unpaired) electrons. The van der Waals surface area contributed by atoms with Crippen molar-refractivity contribution in [3.05, 3.63) is 18.1 Å². The van der Waals surface area contributed by atoms with Crippen molar-refractivity contribution in [2.75, 3.05) is 24.7 Å². The second-order valence-corrected chi connectivity index (χ2v) is 4.82. The third-order valence-electron chi connectivity index (χ3n) is 1.56. The van der Waals surface area contributed by atoms with Crippen molar-refractivity contribution in [3.8, 4) is 6.07 Å². The summed E-state index contributed by atoms with van der Waals surface area (Å²) in [7, 11) is -3.16. The largest absolute Gasteiger partial charge is 0.367 e. The number of sulfonamides is 1. The topological polar surface area (TPSA) is 108 Å². The van der Waals surface area contributed by atoms with Crippen LogP contribution in [0.1, 0.15) is 5.69 Å². The summed E-state index contributed by atoms with van der Waals surface area (Å²) >= 11 is 0. The van der Waals surface area contributed by atoms with Crippen LogP contribution in [0.3, 0.4) is 0 Å². The Morgan fingerprint density at radius 3 is 2.62 bits per heavy atom. The molecule has 0 saturated heterocycles. The highest BCUT2D eigenvalue weighted by Gasteiger charge is 1.99. The maximum atomic E-state index is 10.7. The lowest BCUT2D eigenvalue weighted by atomic mass is 10.5. The van der Waals surface area contributed by atoms with Crippen molar-refractivity contribution in [2.45, 2.75) is 0 Å². The number of hydrogen-bond donors (Lipinski definition) is 2. The molecule has 0 aliphatic heterocycles. The highest BCUT2D eigenvalue weighted by molar-refractivity contribution is 7.88. The standard InChI is InChI=1S/C8H11N5O2S/c1-16(14,15)13-3-2-10-8-6-11-7(4-9)5-12-8/h5-6,13H,2-3H2,1H3,(H,10,12). The van der Waals surface area contributed by atoms with E-state index in [9.17, 15) is 8.42 Å². The van der Waals surface area contributed by atoms with E-state index in [2.05, 4.69) is 20.0 Å². The fourth-order valence-electron chi connectivity index (χ4n) is 0.904. The molecule has 0 aliphatic carbocycles. The molecule has 0 spiro atoms. The normalized spacial score (nSPS) is 10.8. The van der Waals surface area contributed by atoms with E-state index in [-0.39, 0.29) is 12.2 Å². The third-order valence-corrected chi connectivity index (χ3v) is 2.29. The Balaban J connectivity index is 2.36. The van der Waals surface area contributed by atoms with Gasteiger partial charge in [-0.15, -0.1) is 0 Å². The summed E-state index contributed by atoms with van der Waals surface area (Å²) in [5.74, 6) is 0.495. The maximum Gasteiger partial charge on any atom is 0.208 e. The molecule has 0 saturated carbocycles. The quantitative estimate of drug-likeness (QED) is 0.660. The summed E-state index contributed by atoms with van der Waals surface area (Å²) in [6.07, 6.45) is 3.85. The molecule has 2 N–H and O–H groups in total. The minimum atomic E-state index is -3.16. The van der Waals surface area contributed by atoms with Crippen molar-refractivity contribution in [1.82, 2.24) is 14.7 Å². The zero-order chi connectivity index (χ0) is 12.0. The molecule has 8 heteroatoms. The molecule has 1 rings (SSSR count). The van der Waals surface area contributed by atoms with Gasteiger partial charge < -0.3 is 5.32 Å². The predicted octanol–water partition coefficient (Wildman–Crippen LogP) is -0.691. The highest BCUT2D eigenvalue weighted by atomic mass is 32.2. The first-order chi connectivity index (χ1) is 7.51. The predicted molar refractivity (Wildman–Crippen MR) is 58.1 cm³/mol. The Kier molecular flexibility index (Phi) is 4.16. The molecule has 1 heterocycles. The van der Waals surface area contributed by atoms with E-state index < -0.39 is 10.0 Å². The van der Waals surface area contributed by atoms with E-state index in [4.69, 9.17) is 5.26 Å². The van der Waals surface area contributed by atoms with Gasteiger partial charge in [-0.3, -0.25) is 0 Å². The SMILES string of the molecule is CS(=O)(=O)NCCNc1cnc(C#N)cn1. The van der Waals surface area contributed by atoms with Crippen molar-refractivity contribution in [2.24, 2.45) is 0 Å². The summed E-state index contributed by atoms with van der Waals surface area (Å²) in [4.78, 5) is 7.71. The van der Waals surface area contributed by atoms with Crippen LogP contribution >= 0.6 is 0 Å². The van der Waals surface area contributed by atoms with E-state index in [0.29, 0.717) is 12.4 Å². The van der Waals surface area contributed by atoms with E-state index in [1.54, 1.807) is 0 Å². The number of nitrogens with zero attached hydrogens (tertiary/aromatic N) is 3. The molecule has 0 fully saturated rings. The van der Waals surface area contributed by atoms with Gasteiger partial charge in [0.05, 0.1) is 18.6 Å². The van der Waals surface area contributed by atoms with Crippen LogP contribution in [0.2, 0.25) is 0 Å². The van der Waals surface area contributed by atoms with Crippen LogP contribution in [0.5, 0.6) is 0 Å². The van der Waals surface area contributed by atoms with Crippen LogP contribution in [0.25, 0.3) is 0 Å². The van der Waals surface area contributed by atoms with Gasteiger partial charge in [0.25, 0.3) is 0 Å². The summed E-state index contributed by atoms with van der Waals surface area (Å²) in [5, 5.41) is 11.3. The summed E-state index contributed by atoms with van der Waals surface area (Å²) < 4.78 is 23.8. The number of rotatable bonds is 5. The smallest absolute Gasteiger partial charge is 0.208 e. The van der Waals surface area contributed by atoms with Crippen LogP contribution in [-0.4, -0.2) is 37.7 Å². The number of hydrogen-bond acceptors (Lipinski definition) is 6. The average Bonchev–Trinajstić information content (AvgIpc) is 2.24. The van der Waals surface area contributed by atoms with Crippen LogP contribution < -0.4 is 10.0 Å². The van der Waals surface area contributed by atoms with Gasteiger partial charge in [-0.1, -0.05) is 0 Å². The van der Waals surface area contributed by atoms with Gasteiger partial charge in [0.1, 0.15) is 11.9 Å². The fourth-order valence-corrected chi connectivity index (χ4v) is 1.38. The lowest BCUT2D eigenvalue weighted by Gasteiger charge is -2.04. The molecule has 0 atom stereocenters. The summed E-state index contributed by atoms with van der Waals surface area (Å²) in [5.41, 5.74) is 0.236. The molecule has 0 aliphatic rings. The molecular weight excluding hydrogens is 230 g/mol. The van der Waals surface area contributed by atoms with E-state index in [0.717, 1.165) is 6.26 Å². The molecule has 0 amide bonds. The van der Waals surface area contributed by atoms with E-state index in [1.165, 1.54) is 12.4 Å². The van der Waals surface area contributed by atoms with Gasteiger partial charge in [0.2, 0.25) is 10.0 Å². The highest BCUT2D eigenvalue weighted by Crippen LogP contribution is 1.98. The van der Waals surface area contributed by atoms with Gasteiger partial charge in [-0.25, -0.2) is 23.1 Å². The van der Waals surface area contributed by atoms with Crippen LogP contribution in [0.15, 0.2) is 12.4 Å². The molecule has 16 heavy (non-hydrogen) atoms. The lowest BCUT2D eigenvalue weighted by molar-refractivity contribution is 0.589. The van der Waals surface area contributed by atoms with Crippen molar-refractivity contribution >= 4 is 15.8 Å². The number of aromatic nitrogens is 2. The first kappa shape index (κ1) is 12.4. The monoisotopic (exact) mass is 241 g/mol. The van der Waals surface area contributed by atoms with Gasteiger partial charge in [0, 0.05) is 13.1 Å². The second-order valence-electron chi connectivity index (χ2n) is 2.99. The molecule has 7 nitrogen and oxygen atoms in total. The van der Waals surface area contributed by atoms with Gasteiger partial charge in [-0.05, 0) is 0 Å². The maximum absolute atomic E-state index is 10.7. The lowest BCUT2D eigenvalue weighted by Crippen LogP contribution is -2.27. The molecule has 0 bridgehead atoms. The zero-order valence-corrected chi connectivity index (χ0v) is 9.45.